The first-order valence-corrected chi connectivity index (χ1v) is 8.40. The summed E-state index contributed by atoms with van der Waals surface area (Å²) >= 11 is 1.27. The van der Waals surface area contributed by atoms with Gasteiger partial charge in [-0.15, -0.1) is 11.3 Å². The number of hydrogen-bond donors (Lipinski definition) is 2. The summed E-state index contributed by atoms with van der Waals surface area (Å²) in [6.07, 6.45) is 0.219. The zero-order valence-corrected chi connectivity index (χ0v) is 14.4. The van der Waals surface area contributed by atoms with Crippen LogP contribution in [0.15, 0.2) is 18.2 Å². The summed E-state index contributed by atoms with van der Waals surface area (Å²) < 4.78 is 20.0. The number of nitrogens with one attached hydrogen (secondary N) is 1. The molecule has 0 aliphatic carbocycles. The number of fused-ring (bicyclic) bond motifs is 1. The lowest BCUT2D eigenvalue weighted by Crippen LogP contribution is -2.29. The highest BCUT2D eigenvalue weighted by molar-refractivity contribution is 7.21. The number of benzene rings is 1. The van der Waals surface area contributed by atoms with Crippen LogP contribution in [-0.2, 0) is 11.3 Å². The molecule has 0 saturated carbocycles. The molecule has 126 valence electrons. The average Bonchev–Trinajstić information content (AvgIpc) is 2.85. The van der Waals surface area contributed by atoms with Gasteiger partial charge in [-0.3, -0.25) is 4.79 Å². The number of aliphatic hydroxyl groups is 1. The molecule has 2 aromatic rings. The lowest BCUT2D eigenvalue weighted by Gasteiger charge is -2.14. The maximum Gasteiger partial charge on any atom is 0.261 e. The molecule has 0 aliphatic heterocycles. The molecule has 1 aromatic heterocycles. The van der Waals surface area contributed by atoms with Crippen LogP contribution in [0, 0.1) is 11.7 Å². The van der Waals surface area contributed by atoms with Crippen molar-refractivity contribution in [2.45, 2.75) is 33.0 Å². The number of amides is 1. The maximum absolute atomic E-state index is 14.1. The Morgan fingerprint density at radius 1 is 1.43 bits per heavy atom. The molecular weight excluding hydrogens is 317 g/mol. The lowest BCUT2D eigenvalue weighted by molar-refractivity contribution is 0.0939. The van der Waals surface area contributed by atoms with Crippen LogP contribution in [0.3, 0.4) is 0 Å². The normalized spacial score (nSPS) is 14.0. The van der Waals surface area contributed by atoms with E-state index in [1.807, 2.05) is 6.92 Å². The fourth-order valence-corrected chi connectivity index (χ4v) is 3.78. The van der Waals surface area contributed by atoms with Gasteiger partial charge in [0.2, 0.25) is 0 Å². The van der Waals surface area contributed by atoms with E-state index in [9.17, 15) is 14.3 Å². The van der Waals surface area contributed by atoms with Gasteiger partial charge in [-0.1, -0.05) is 13.0 Å². The summed E-state index contributed by atoms with van der Waals surface area (Å²) in [5.41, 5.74) is 0.589. The van der Waals surface area contributed by atoms with Crippen LogP contribution in [0.4, 0.5) is 4.39 Å². The Hall–Kier alpha value is -1.50. The molecule has 0 spiro atoms. The number of ether oxygens (including phenoxy) is 1. The Morgan fingerprint density at radius 3 is 2.83 bits per heavy atom. The first-order chi connectivity index (χ1) is 10.9. The predicted molar refractivity (Wildman–Crippen MR) is 90.3 cm³/mol. The van der Waals surface area contributed by atoms with Crippen molar-refractivity contribution in [3.8, 4) is 0 Å². The summed E-state index contributed by atoms with van der Waals surface area (Å²) in [7, 11) is 1.52. The molecule has 0 radical (unpaired) electrons. The van der Waals surface area contributed by atoms with E-state index in [0.29, 0.717) is 28.8 Å². The fraction of sp³-hybridized carbons (Fsp3) is 0.471. The van der Waals surface area contributed by atoms with Crippen molar-refractivity contribution in [2.75, 3.05) is 13.7 Å². The Labute approximate surface area is 139 Å². The molecule has 1 heterocycles. The van der Waals surface area contributed by atoms with Crippen molar-refractivity contribution >= 4 is 27.3 Å². The largest absolute Gasteiger partial charge is 0.393 e. The highest BCUT2D eigenvalue weighted by Crippen LogP contribution is 2.33. The minimum Gasteiger partial charge on any atom is -0.393 e. The Kier molecular flexibility index (Phi) is 6.10. The molecule has 0 aliphatic rings. The van der Waals surface area contributed by atoms with E-state index in [4.69, 9.17) is 4.74 Å². The second-order valence-corrected chi connectivity index (χ2v) is 6.91. The van der Waals surface area contributed by atoms with Gasteiger partial charge in [0.25, 0.3) is 5.91 Å². The molecule has 2 N–H and O–H groups in total. The molecule has 2 unspecified atom stereocenters. The van der Waals surface area contributed by atoms with Crippen molar-refractivity contribution in [3.63, 3.8) is 0 Å². The van der Waals surface area contributed by atoms with E-state index < -0.39 is 6.10 Å². The van der Waals surface area contributed by atoms with Crippen molar-refractivity contribution in [3.05, 3.63) is 34.5 Å². The second-order valence-electron chi connectivity index (χ2n) is 5.86. The molecule has 0 bridgehead atoms. The number of carbonyl (C=O) groups is 1. The molecular formula is C17H22FNO3S. The number of aliphatic hydroxyl groups excluding tert-OH is 1. The smallest absolute Gasteiger partial charge is 0.261 e. The summed E-state index contributed by atoms with van der Waals surface area (Å²) in [5.74, 6) is -0.404. The summed E-state index contributed by atoms with van der Waals surface area (Å²) in [5, 5.41) is 12.7. The van der Waals surface area contributed by atoms with Gasteiger partial charge in [0.05, 0.1) is 17.6 Å². The molecule has 1 amide bonds. The average molecular weight is 339 g/mol. The van der Waals surface area contributed by atoms with E-state index in [2.05, 4.69) is 5.32 Å². The van der Waals surface area contributed by atoms with Crippen LogP contribution in [0.25, 0.3) is 10.1 Å². The molecule has 0 fully saturated rings. The minimum absolute atomic E-state index is 0.163. The van der Waals surface area contributed by atoms with Gasteiger partial charge in [0.1, 0.15) is 5.82 Å². The third-order valence-electron chi connectivity index (χ3n) is 3.61. The summed E-state index contributed by atoms with van der Waals surface area (Å²) in [6, 6.07) is 4.83. The monoisotopic (exact) mass is 339 g/mol. The standard InChI is InChI=1S/C17H22FNO3S/c1-10(7-11(2)20)8-19-17(21)16-12(9-22-3)15-13(18)5-4-6-14(15)23-16/h4-6,10-11,20H,7-9H2,1-3H3,(H,19,21). The van der Waals surface area contributed by atoms with Crippen LogP contribution in [0.1, 0.15) is 35.5 Å². The van der Waals surface area contributed by atoms with Gasteiger partial charge in [0, 0.05) is 29.3 Å². The number of thiophene rings is 1. The van der Waals surface area contributed by atoms with Crippen molar-refractivity contribution in [2.24, 2.45) is 5.92 Å². The third kappa shape index (κ3) is 4.28. The van der Waals surface area contributed by atoms with E-state index in [-0.39, 0.29) is 24.2 Å². The zero-order valence-electron chi connectivity index (χ0n) is 13.6. The first kappa shape index (κ1) is 17.8. The Morgan fingerprint density at radius 2 is 2.17 bits per heavy atom. The van der Waals surface area contributed by atoms with E-state index >= 15 is 0 Å². The second kappa shape index (κ2) is 7.86. The number of rotatable bonds is 7. The number of carbonyl (C=O) groups excluding carboxylic acids is 1. The van der Waals surface area contributed by atoms with Gasteiger partial charge in [-0.05, 0) is 31.4 Å². The Bertz CT molecular complexity index is 684. The predicted octanol–water partition coefficient (Wildman–Crippen LogP) is 3.32. The van der Waals surface area contributed by atoms with E-state index in [1.165, 1.54) is 24.5 Å². The van der Waals surface area contributed by atoms with Crippen molar-refractivity contribution in [1.29, 1.82) is 0 Å². The van der Waals surface area contributed by atoms with Crippen LogP contribution in [0.5, 0.6) is 0 Å². The molecule has 2 rings (SSSR count). The quantitative estimate of drug-likeness (QED) is 0.813. The third-order valence-corrected chi connectivity index (χ3v) is 4.81. The number of halogens is 1. The van der Waals surface area contributed by atoms with Crippen LogP contribution in [-0.4, -0.2) is 30.8 Å². The molecule has 1 aromatic carbocycles. The first-order valence-electron chi connectivity index (χ1n) is 7.59. The van der Waals surface area contributed by atoms with Gasteiger partial charge in [0.15, 0.2) is 0 Å². The van der Waals surface area contributed by atoms with E-state index in [0.717, 1.165) is 4.70 Å². The molecule has 6 heteroatoms. The van der Waals surface area contributed by atoms with Gasteiger partial charge in [-0.2, -0.15) is 0 Å². The summed E-state index contributed by atoms with van der Waals surface area (Å²) in [6.45, 7) is 4.34. The molecule has 23 heavy (non-hydrogen) atoms. The van der Waals surface area contributed by atoms with Crippen LogP contribution >= 0.6 is 11.3 Å². The lowest BCUT2D eigenvalue weighted by atomic mass is 10.0. The topological polar surface area (TPSA) is 58.6 Å². The van der Waals surface area contributed by atoms with Crippen molar-refractivity contribution in [1.82, 2.24) is 5.32 Å². The highest BCUT2D eigenvalue weighted by Gasteiger charge is 2.21. The van der Waals surface area contributed by atoms with Crippen LogP contribution in [0.2, 0.25) is 0 Å². The Balaban J connectivity index is 2.23. The minimum atomic E-state index is -0.399. The SMILES string of the molecule is COCc1c(C(=O)NCC(C)CC(C)O)sc2cccc(F)c12. The van der Waals surface area contributed by atoms with Gasteiger partial charge in [-0.25, -0.2) is 4.39 Å². The maximum atomic E-state index is 14.1. The molecule has 4 nitrogen and oxygen atoms in total. The highest BCUT2D eigenvalue weighted by atomic mass is 32.1. The fourth-order valence-electron chi connectivity index (χ4n) is 2.65. The zero-order chi connectivity index (χ0) is 17.0. The summed E-state index contributed by atoms with van der Waals surface area (Å²) in [4.78, 5) is 13.0. The molecule has 2 atom stereocenters. The number of hydrogen-bond acceptors (Lipinski definition) is 4. The van der Waals surface area contributed by atoms with E-state index in [1.54, 1.807) is 19.1 Å². The molecule has 0 saturated heterocycles. The van der Waals surface area contributed by atoms with Crippen LogP contribution < -0.4 is 5.32 Å². The van der Waals surface area contributed by atoms with Gasteiger partial charge < -0.3 is 15.2 Å². The number of methoxy groups -OCH3 is 1. The van der Waals surface area contributed by atoms with Crippen molar-refractivity contribution < 1.29 is 19.0 Å². The van der Waals surface area contributed by atoms with Gasteiger partial charge >= 0.3 is 0 Å².